The summed E-state index contributed by atoms with van der Waals surface area (Å²) in [5.41, 5.74) is 1.94. The van der Waals surface area contributed by atoms with Crippen molar-refractivity contribution in [2.75, 3.05) is 14.2 Å². The summed E-state index contributed by atoms with van der Waals surface area (Å²) in [7, 11) is 2.76. The standard InChI is InChI=1S/C22H28O3.C12H10O3.C10H20O/c1-22(2,3)16-8-10-17(11-9-16)25-18-12-13-19-15(14-18)6-5-7-20(19)21(23)24-4;1-15-12(14)11-4-2-3-8-7-9(13)5-6-10(8)11;1-10(2,3)8-4-6-9(11)7-5-8/h5-7,12-14,16-17H,8-11H2,1-4H3;2-7,13H,1H3;8-9,11H,4-7H2,1-3H3. The van der Waals surface area contributed by atoms with Crippen LogP contribution in [0.3, 0.4) is 0 Å². The maximum absolute atomic E-state index is 11.9. The summed E-state index contributed by atoms with van der Waals surface area (Å²) in [6.45, 7) is 13.9. The maximum atomic E-state index is 11.9. The minimum Gasteiger partial charge on any atom is -0.508 e. The van der Waals surface area contributed by atoms with Gasteiger partial charge in [0.2, 0.25) is 0 Å². The van der Waals surface area contributed by atoms with E-state index < -0.39 is 0 Å². The topological polar surface area (TPSA) is 102 Å². The summed E-state index contributed by atoms with van der Waals surface area (Å²) in [6.07, 6.45) is 9.43. The molecule has 0 bridgehead atoms. The van der Waals surface area contributed by atoms with Crippen LogP contribution in [0.15, 0.2) is 72.8 Å². The Hall–Kier alpha value is -4.10. The molecular weight excluding hydrogens is 640 g/mol. The third-order valence-electron chi connectivity index (χ3n) is 10.6. The van der Waals surface area contributed by atoms with Crippen LogP contribution >= 0.6 is 0 Å². The Labute approximate surface area is 304 Å². The molecule has 4 aromatic rings. The van der Waals surface area contributed by atoms with Crippen molar-refractivity contribution in [1.82, 2.24) is 0 Å². The van der Waals surface area contributed by atoms with E-state index in [1.165, 1.54) is 39.9 Å². The van der Waals surface area contributed by atoms with Gasteiger partial charge in [-0.1, -0.05) is 65.8 Å². The SMILES string of the molecule is CC(C)(C)C1CCC(O)CC1.COC(=O)c1cccc2cc(O)ccc12.COC(=O)c1cccc2cc(OC3CCC(C(C)(C)C)CC3)ccc12. The lowest BCUT2D eigenvalue weighted by Gasteiger charge is -2.37. The van der Waals surface area contributed by atoms with Crippen LogP contribution < -0.4 is 4.74 Å². The van der Waals surface area contributed by atoms with Crippen molar-refractivity contribution < 1.29 is 34.0 Å². The molecule has 51 heavy (non-hydrogen) atoms. The smallest absolute Gasteiger partial charge is 0.338 e. The number of fused-ring (bicyclic) bond motifs is 2. The third-order valence-corrected chi connectivity index (χ3v) is 10.6. The number of aliphatic hydroxyl groups excluding tert-OH is 1. The average molecular weight is 699 g/mol. The van der Waals surface area contributed by atoms with Crippen LogP contribution in [0, 0.1) is 22.7 Å². The Bertz CT molecular complexity index is 1750. The normalized spacial score (nSPS) is 20.6. The number of ether oxygens (including phenoxy) is 3. The van der Waals surface area contributed by atoms with Crippen molar-refractivity contribution in [3.8, 4) is 11.5 Å². The van der Waals surface area contributed by atoms with E-state index in [0.29, 0.717) is 28.1 Å². The largest absolute Gasteiger partial charge is 0.508 e. The number of phenolic OH excluding ortho intramolecular Hbond substituents is 1. The molecule has 2 fully saturated rings. The highest BCUT2D eigenvalue weighted by atomic mass is 16.5. The molecule has 7 nitrogen and oxygen atoms in total. The van der Waals surface area contributed by atoms with Crippen molar-refractivity contribution >= 4 is 33.5 Å². The van der Waals surface area contributed by atoms with Crippen LogP contribution in [0.2, 0.25) is 0 Å². The molecule has 7 heteroatoms. The first kappa shape index (κ1) is 39.7. The summed E-state index contributed by atoms with van der Waals surface area (Å²) in [5.74, 6) is 2.00. The lowest BCUT2D eigenvalue weighted by atomic mass is 9.72. The highest BCUT2D eigenvalue weighted by Crippen LogP contribution is 2.39. The van der Waals surface area contributed by atoms with Gasteiger partial charge < -0.3 is 24.4 Å². The molecule has 0 spiro atoms. The van der Waals surface area contributed by atoms with Gasteiger partial charge in [-0.05, 0) is 144 Å². The number of aromatic hydroxyl groups is 1. The minimum absolute atomic E-state index is 0.00593. The molecule has 0 heterocycles. The molecule has 0 unspecified atom stereocenters. The molecule has 2 aliphatic rings. The van der Waals surface area contributed by atoms with E-state index in [0.717, 1.165) is 64.8 Å². The number of esters is 2. The zero-order valence-corrected chi connectivity index (χ0v) is 31.8. The highest BCUT2D eigenvalue weighted by Gasteiger charge is 2.31. The van der Waals surface area contributed by atoms with E-state index >= 15 is 0 Å². The summed E-state index contributed by atoms with van der Waals surface area (Å²) in [5, 5.41) is 22.1. The number of rotatable bonds is 4. The molecule has 2 saturated carbocycles. The fraction of sp³-hybridized carbons (Fsp3) is 0.500. The first-order chi connectivity index (χ1) is 24.1. The number of hydrogen-bond donors (Lipinski definition) is 2. The average Bonchev–Trinajstić information content (AvgIpc) is 3.10. The molecule has 0 saturated heterocycles. The molecule has 276 valence electrons. The van der Waals surface area contributed by atoms with Gasteiger partial charge in [-0.15, -0.1) is 0 Å². The quantitative estimate of drug-likeness (QED) is 0.205. The van der Waals surface area contributed by atoms with Crippen molar-refractivity contribution in [2.24, 2.45) is 22.7 Å². The summed E-state index contributed by atoms with van der Waals surface area (Å²) < 4.78 is 15.8. The summed E-state index contributed by atoms with van der Waals surface area (Å²) >= 11 is 0. The van der Waals surface area contributed by atoms with E-state index in [-0.39, 0.29) is 23.8 Å². The van der Waals surface area contributed by atoms with Gasteiger partial charge in [0.25, 0.3) is 0 Å². The molecule has 2 aliphatic carbocycles. The highest BCUT2D eigenvalue weighted by molar-refractivity contribution is 6.05. The number of hydrogen-bond acceptors (Lipinski definition) is 7. The first-order valence-corrected chi connectivity index (χ1v) is 18.4. The molecule has 0 aliphatic heterocycles. The van der Waals surface area contributed by atoms with Crippen LogP contribution in [0.25, 0.3) is 21.5 Å². The molecule has 6 rings (SSSR count). The van der Waals surface area contributed by atoms with Crippen LogP contribution in [0.5, 0.6) is 11.5 Å². The second kappa shape index (κ2) is 17.4. The Balaban J connectivity index is 0.000000190. The molecular formula is C44H58O7. The van der Waals surface area contributed by atoms with E-state index in [2.05, 4.69) is 46.3 Å². The Morgan fingerprint density at radius 1 is 0.608 bits per heavy atom. The van der Waals surface area contributed by atoms with Gasteiger partial charge in [0, 0.05) is 0 Å². The first-order valence-electron chi connectivity index (χ1n) is 18.4. The Kier molecular flexibility index (Phi) is 13.5. The number of carbonyl (C=O) groups is 2. The Morgan fingerprint density at radius 3 is 1.53 bits per heavy atom. The van der Waals surface area contributed by atoms with Crippen molar-refractivity contribution in [2.45, 2.75) is 105 Å². The fourth-order valence-electron chi connectivity index (χ4n) is 7.36. The van der Waals surface area contributed by atoms with Gasteiger partial charge in [0.05, 0.1) is 37.6 Å². The number of benzene rings is 4. The number of phenols is 1. The van der Waals surface area contributed by atoms with Gasteiger partial charge >= 0.3 is 11.9 Å². The molecule has 4 aromatic carbocycles. The van der Waals surface area contributed by atoms with E-state index in [9.17, 15) is 19.8 Å². The maximum Gasteiger partial charge on any atom is 0.338 e. The van der Waals surface area contributed by atoms with Crippen molar-refractivity contribution in [3.63, 3.8) is 0 Å². The fourth-order valence-corrected chi connectivity index (χ4v) is 7.36. The molecule has 0 radical (unpaired) electrons. The second-order valence-electron chi connectivity index (χ2n) is 16.2. The van der Waals surface area contributed by atoms with Gasteiger partial charge in [-0.25, -0.2) is 9.59 Å². The predicted molar refractivity (Wildman–Crippen MR) is 205 cm³/mol. The van der Waals surface area contributed by atoms with E-state index in [1.54, 1.807) is 36.4 Å². The lowest BCUT2D eigenvalue weighted by molar-refractivity contribution is 0.0594. The molecule has 0 aromatic heterocycles. The van der Waals surface area contributed by atoms with Crippen LogP contribution in [-0.2, 0) is 9.47 Å². The van der Waals surface area contributed by atoms with Crippen LogP contribution in [-0.4, -0.2) is 48.6 Å². The van der Waals surface area contributed by atoms with Gasteiger partial charge in [-0.3, -0.25) is 0 Å². The summed E-state index contributed by atoms with van der Waals surface area (Å²) in [4.78, 5) is 23.3. The third kappa shape index (κ3) is 10.9. The molecule has 0 atom stereocenters. The lowest BCUT2D eigenvalue weighted by Crippen LogP contribution is -2.30. The van der Waals surface area contributed by atoms with Crippen molar-refractivity contribution in [3.05, 3.63) is 83.9 Å². The van der Waals surface area contributed by atoms with Gasteiger partial charge in [-0.2, -0.15) is 0 Å². The summed E-state index contributed by atoms with van der Waals surface area (Å²) in [6, 6.07) is 21.8. The predicted octanol–water partition coefficient (Wildman–Crippen LogP) is 10.5. The monoisotopic (exact) mass is 698 g/mol. The zero-order chi connectivity index (χ0) is 37.3. The Morgan fingerprint density at radius 2 is 1.06 bits per heavy atom. The number of methoxy groups -OCH3 is 2. The van der Waals surface area contributed by atoms with E-state index in [4.69, 9.17) is 9.47 Å². The minimum atomic E-state index is -0.369. The second-order valence-corrected chi connectivity index (χ2v) is 16.2. The van der Waals surface area contributed by atoms with Gasteiger partial charge in [0.1, 0.15) is 11.5 Å². The molecule has 0 amide bonds. The zero-order valence-electron chi connectivity index (χ0n) is 31.8. The van der Waals surface area contributed by atoms with E-state index in [1.807, 2.05) is 36.4 Å². The number of aliphatic hydroxyl groups is 1. The van der Waals surface area contributed by atoms with Crippen LogP contribution in [0.4, 0.5) is 0 Å². The number of carbonyl (C=O) groups excluding carboxylic acids is 2. The van der Waals surface area contributed by atoms with Gasteiger partial charge in [0.15, 0.2) is 0 Å². The molecule has 2 N–H and O–H groups in total. The van der Waals surface area contributed by atoms with Crippen LogP contribution in [0.1, 0.15) is 114 Å². The van der Waals surface area contributed by atoms with Crippen molar-refractivity contribution in [1.29, 1.82) is 0 Å².